The zero-order chi connectivity index (χ0) is 13.3. The fourth-order valence-electron chi connectivity index (χ4n) is 2.71. The molecular weight excluding hydrogens is 233 g/mol. The summed E-state index contributed by atoms with van der Waals surface area (Å²) in [4.78, 5) is 13.2. The number of halogens is 1. The molecule has 1 aromatic carbocycles. The molecule has 4 heteroatoms. The number of anilines is 1. The van der Waals surface area contributed by atoms with Crippen LogP contribution in [0.25, 0.3) is 0 Å². The molecule has 1 heterocycles. The van der Waals surface area contributed by atoms with E-state index in [0.717, 1.165) is 5.69 Å². The Hall–Kier alpha value is -1.58. The molecule has 18 heavy (non-hydrogen) atoms. The molecule has 1 N–H and O–H groups in total. The van der Waals surface area contributed by atoms with Crippen LogP contribution in [0.3, 0.4) is 0 Å². The van der Waals surface area contributed by atoms with Crippen LogP contribution in [0.15, 0.2) is 24.3 Å². The van der Waals surface area contributed by atoms with Crippen LogP contribution in [0.1, 0.15) is 20.3 Å². The highest BCUT2D eigenvalue weighted by atomic mass is 19.1. The molecule has 1 unspecified atom stereocenters. The summed E-state index contributed by atoms with van der Waals surface area (Å²) in [7, 11) is 0. The molecule has 0 amide bonds. The van der Waals surface area contributed by atoms with Gasteiger partial charge in [-0.15, -0.1) is 0 Å². The van der Waals surface area contributed by atoms with Crippen molar-refractivity contribution in [2.45, 2.75) is 20.3 Å². The maximum atomic E-state index is 13.2. The zero-order valence-corrected chi connectivity index (χ0v) is 10.7. The molecule has 0 spiro atoms. The van der Waals surface area contributed by atoms with Crippen molar-refractivity contribution >= 4 is 11.7 Å². The third kappa shape index (κ3) is 2.47. The average molecular weight is 251 g/mol. The highest BCUT2D eigenvalue weighted by Gasteiger charge is 2.40. The molecule has 2 rings (SSSR count). The second-order valence-electron chi connectivity index (χ2n) is 5.57. The van der Waals surface area contributed by atoms with E-state index < -0.39 is 5.97 Å². The van der Waals surface area contributed by atoms with Gasteiger partial charge < -0.3 is 10.0 Å². The van der Waals surface area contributed by atoms with Crippen molar-refractivity contribution in [1.82, 2.24) is 0 Å². The molecule has 0 radical (unpaired) electrons. The number of piperidine rings is 1. The highest BCUT2D eigenvalue weighted by Crippen LogP contribution is 2.37. The van der Waals surface area contributed by atoms with E-state index in [0.29, 0.717) is 19.5 Å². The lowest BCUT2D eigenvalue weighted by molar-refractivity contribution is -0.146. The SMILES string of the molecule is CC1(C)CN(c2cccc(F)c2)CCC1C(=O)O. The Balaban J connectivity index is 2.18. The molecular formula is C14H18FNO2. The molecule has 1 aromatic rings. The second kappa shape index (κ2) is 4.59. The Morgan fingerprint density at radius 3 is 2.78 bits per heavy atom. The topological polar surface area (TPSA) is 40.5 Å². The average Bonchev–Trinajstić information content (AvgIpc) is 2.27. The minimum Gasteiger partial charge on any atom is -0.481 e. The van der Waals surface area contributed by atoms with Crippen molar-refractivity contribution in [3.05, 3.63) is 30.1 Å². The fraction of sp³-hybridized carbons (Fsp3) is 0.500. The van der Waals surface area contributed by atoms with Gasteiger partial charge in [0, 0.05) is 18.8 Å². The molecule has 98 valence electrons. The molecule has 0 saturated carbocycles. The Morgan fingerprint density at radius 1 is 1.50 bits per heavy atom. The smallest absolute Gasteiger partial charge is 0.307 e. The van der Waals surface area contributed by atoms with Crippen LogP contribution in [-0.2, 0) is 4.79 Å². The molecule has 0 aromatic heterocycles. The molecule has 3 nitrogen and oxygen atoms in total. The van der Waals surface area contributed by atoms with Crippen LogP contribution >= 0.6 is 0 Å². The number of hydrogen-bond acceptors (Lipinski definition) is 2. The molecule has 1 fully saturated rings. The van der Waals surface area contributed by atoms with E-state index in [2.05, 4.69) is 4.90 Å². The summed E-state index contributed by atoms with van der Waals surface area (Å²) in [5.74, 6) is -1.33. The minimum absolute atomic E-state index is 0.259. The lowest BCUT2D eigenvalue weighted by Gasteiger charge is -2.43. The summed E-state index contributed by atoms with van der Waals surface area (Å²) >= 11 is 0. The van der Waals surface area contributed by atoms with Crippen LogP contribution in [0, 0.1) is 17.2 Å². The Labute approximate surface area is 106 Å². The number of carbonyl (C=O) groups is 1. The van der Waals surface area contributed by atoms with Crippen LogP contribution in [0.5, 0.6) is 0 Å². The molecule has 0 aliphatic carbocycles. The number of benzene rings is 1. The van der Waals surface area contributed by atoms with E-state index in [1.54, 1.807) is 6.07 Å². The lowest BCUT2D eigenvalue weighted by Crippen LogP contribution is -2.48. The van der Waals surface area contributed by atoms with Crippen molar-refractivity contribution in [3.8, 4) is 0 Å². The maximum absolute atomic E-state index is 13.2. The van der Waals surface area contributed by atoms with Gasteiger partial charge in [0.25, 0.3) is 0 Å². The number of aliphatic carboxylic acids is 1. The quantitative estimate of drug-likeness (QED) is 0.878. The van der Waals surface area contributed by atoms with Gasteiger partial charge in [-0.2, -0.15) is 0 Å². The van der Waals surface area contributed by atoms with E-state index in [4.69, 9.17) is 0 Å². The molecule has 1 aliphatic heterocycles. The highest BCUT2D eigenvalue weighted by molar-refractivity contribution is 5.71. The van der Waals surface area contributed by atoms with Crippen LogP contribution < -0.4 is 4.90 Å². The van der Waals surface area contributed by atoms with E-state index in [1.165, 1.54) is 12.1 Å². The minimum atomic E-state index is -0.737. The first-order chi connectivity index (χ1) is 8.40. The van der Waals surface area contributed by atoms with Crippen LogP contribution in [0.4, 0.5) is 10.1 Å². The van der Waals surface area contributed by atoms with E-state index in [-0.39, 0.29) is 17.2 Å². The van der Waals surface area contributed by atoms with Crippen LogP contribution in [-0.4, -0.2) is 24.2 Å². The van der Waals surface area contributed by atoms with Gasteiger partial charge in [0.1, 0.15) is 5.82 Å². The first-order valence-corrected chi connectivity index (χ1v) is 6.13. The van der Waals surface area contributed by atoms with Crippen molar-refractivity contribution in [1.29, 1.82) is 0 Å². The van der Waals surface area contributed by atoms with Crippen molar-refractivity contribution in [2.24, 2.45) is 11.3 Å². The second-order valence-corrected chi connectivity index (χ2v) is 5.57. The van der Waals surface area contributed by atoms with E-state index in [1.807, 2.05) is 19.9 Å². The normalized spacial score (nSPS) is 22.8. The lowest BCUT2D eigenvalue weighted by atomic mass is 9.74. The van der Waals surface area contributed by atoms with Gasteiger partial charge in [-0.25, -0.2) is 4.39 Å². The summed E-state index contributed by atoms with van der Waals surface area (Å²) in [5, 5.41) is 9.20. The molecule has 1 saturated heterocycles. The van der Waals surface area contributed by atoms with Crippen molar-refractivity contribution in [2.75, 3.05) is 18.0 Å². The molecule has 0 bridgehead atoms. The zero-order valence-electron chi connectivity index (χ0n) is 10.7. The molecule has 1 aliphatic rings. The number of carboxylic acids is 1. The predicted molar refractivity (Wildman–Crippen MR) is 68.1 cm³/mol. The molecule has 1 atom stereocenters. The summed E-state index contributed by atoms with van der Waals surface area (Å²) in [6.45, 7) is 5.20. The van der Waals surface area contributed by atoms with E-state index in [9.17, 15) is 14.3 Å². The summed E-state index contributed by atoms with van der Waals surface area (Å²) in [5.41, 5.74) is 0.517. The monoisotopic (exact) mass is 251 g/mol. The van der Waals surface area contributed by atoms with Gasteiger partial charge in [-0.3, -0.25) is 4.79 Å². The van der Waals surface area contributed by atoms with Crippen LogP contribution in [0.2, 0.25) is 0 Å². The fourth-order valence-corrected chi connectivity index (χ4v) is 2.71. The standard InChI is InChI=1S/C14H18FNO2/c1-14(2)9-16(7-6-12(14)13(17)18)11-5-3-4-10(15)8-11/h3-5,8,12H,6-7,9H2,1-2H3,(H,17,18). The summed E-state index contributed by atoms with van der Waals surface area (Å²) < 4.78 is 13.2. The number of nitrogens with zero attached hydrogens (tertiary/aromatic N) is 1. The van der Waals surface area contributed by atoms with Gasteiger partial charge in [0.2, 0.25) is 0 Å². The number of hydrogen-bond donors (Lipinski definition) is 1. The van der Waals surface area contributed by atoms with Gasteiger partial charge >= 0.3 is 5.97 Å². The van der Waals surface area contributed by atoms with Crippen molar-refractivity contribution in [3.63, 3.8) is 0 Å². The predicted octanol–water partition coefficient (Wildman–Crippen LogP) is 2.76. The summed E-state index contributed by atoms with van der Waals surface area (Å²) in [6.07, 6.45) is 0.596. The summed E-state index contributed by atoms with van der Waals surface area (Å²) in [6, 6.07) is 6.46. The number of rotatable bonds is 2. The Kier molecular flexibility index (Phi) is 3.28. The van der Waals surface area contributed by atoms with E-state index >= 15 is 0 Å². The maximum Gasteiger partial charge on any atom is 0.307 e. The Morgan fingerprint density at radius 2 is 2.22 bits per heavy atom. The third-order valence-electron chi connectivity index (χ3n) is 3.70. The van der Waals surface area contributed by atoms with Gasteiger partial charge in [0.15, 0.2) is 0 Å². The largest absolute Gasteiger partial charge is 0.481 e. The third-order valence-corrected chi connectivity index (χ3v) is 3.70. The Bertz CT molecular complexity index is 459. The van der Waals surface area contributed by atoms with Gasteiger partial charge in [0.05, 0.1) is 5.92 Å². The number of carboxylic acid groups (broad SMARTS) is 1. The van der Waals surface area contributed by atoms with Gasteiger partial charge in [-0.05, 0) is 30.0 Å². The first-order valence-electron chi connectivity index (χ1n) is 6.13. The first kappa shape index (κ1) is 12.9. The van der Waals surface area contributed by atoms with Crippen molar-refractivity contribution < 1.29 is 14.3 Å². The van der Waals surface area contributed by atoms with Gasteiger partial charge in [-0.1, -0.05) is 19.9 Å².